The lowest BCUT2D eigenvalue weighted by Gasteiger charge is -2.04. The average molecular weight is 221 g/mol. The molecule has 0 unspecified atom stereocenters. The number of nitrogens with one attached hydrogen (secondary N) is 1. The second-order valence-electron chi connectivity index (χ2n) is 3.79. The van der Waals surface area contributed by atoms with E-state index in [1.54, 1.807) is 14.0 Å². The highest BCUT2D eigenvalue weighted by Gasteiger charge is 1.95. The smallest absolute Gasteiger partial charge is 0.216 e. The van der Waals surface area contributed by atoms with Crippen molar-refractivity contribution >= 4 is 5.91 Å². The Labute approximate surface area is 96.8 Å². The van der Waals surface area contributed by atoms with Crippen LogP contribution >= 0.6 is 0 Å². The first-order valence-electron chi connectivity index (χ1n) is 5.59. The number of rotatable bonds is 6. The lowest BCUT2D eigenvalue weighted by molar-refractivity contribution is -0.118. The minimum atomic E-state index is 0.0458. The van der Waals surface area contributed by atoms with Crippen molar-refractivity contribution in [3.63, 3.8) is 0 Å². The molecule has 0 aliphatic carbocycles. The molecule has 0 fully saturated rings. The zero-order valence-electron chi connectivity index (χ0n) is 9.95. The Morgan fingerprint density at radius 1 is 1.25 bits per heavy atom. The molecule has 1 aromatic rings. The third kappa shape index (κ3) is 4.82. The van der Waals surface area contributed by atoms with Crippen molar-refractivity contribution in [1.82, 2.24) is 5.32 Å². The number of hydrogen-bond acceptors (Lipinski definition) is 2. The highest BCUT2D eigenvalue weighted by atomic mass is 16.5. The zero-order chi connectivity index (χ0) is 11.8. The first-order valence-corrected chi connectivity index (χ1v) is 5.59. The van der Waals surface area contributed by atoms with Gasteiger partial charge in [-0.2, -0.15) is 0 Å². The van der Waals surface area contributed by atoms with Gasteiger partial charge in [0.1, 0.15) is 5.75 Å². The number of carbonyl (C=O) groups excluding carboxylic acids is 1. The SMILES string of the molecule is COc1ccc(CCCCNC(C)=O)cc1. The predicted molar refractivity (Wildman–Crippen MR) is 64.6 cm³/mol. The van der Waals surface area contributed by atoms with Gasteiger partial charge < -0.3 is 10.1 Å². The third-order valence-corrected chi connectivity index (χ3v) is 2.43. The Morgan fingerprint density at radius 2 is 1.94 bits per heavy atom. The minimum Gasteiger partial charge on any atom is -0.497 e. The van der Waals surface area contributed by atoms with Crippen molar-refractivity contribution in [2.45, 2.75) is 26.2 Å². The van der Waals surface area contributed by atoms with Crippen LogP contribution in [0.5, 0.6) is 5.75 Å². The van der Waals surface area contributed by atoms with Crippen LogP contribution in [0.4, 0.5) is 0 Å². The van der Waals surface area contributed by atoms with E-state index in [1.807, 2.05) is 12.1 Å². The van der Waals surface area contributed by atoms with Gasteiger partial charge in [-0.15, -0.1) is 0 Å². The summed E-state index contributed by atoms with van der Waals surface area (Å²) >= 11 is 0. The normalized spacial score (nSPS) is 9.88. The number of benzene rings is 1. The third-order valence-electron chi connectivity index (χ3n) is 2.43. The van der Waals surface area contributed by atoms with Crippen molar-refractivity contribution < 1.29 is 9.53 Å². The summed E-state index contributed by atoms with van der Waals surface area (Å²) in [6, 6.07) is 8.11. The van der Waals surface area contributed by atoms with Crippen LogP contribution in [0.25, 0.3) is 0 Å². The molecule has 3 nitrogen and oxygen atoms in total. The van der Waals surface area contributed by atoms with E-state index in [0.717, 1.165) is 31.6 Å². The largest absolute Gasteiger partial charge is 0.497 e. The highest BCUT2D eigenvalue weighted by Crippen LogP contribution is 2.12. The van der Waals surface area contributed by atoms with Gasteiger partial charge >= 0.3 is 0 Å². The van der Waals surface area contributed by atoms with Crippen LogP contribution in [0.1, 0.15) is 25.3 Å². The molecule has 0 heterocycles. The molecule has 0 aromatic heterocycles. The fourth-order valence-electron chi connectivity index (χ4n) is 1.51. The van der Waals surface area contributed by atoms with Crippen LogP contribution in [0.15, 0.2) is 24.3 Å². The maximum Gasteiger partial charge on any atom is 0.216 e. The second-order valence-corrected chi connectivity index (χ2v) is 3.79. The lowest BCUT2D eigenvalue weighted by atomic mass is 10.1. The molecule has 88 valence electrons. The fourth-order valence-corrected chi connectivity index (χ4v) is 1.51. The van der Waals surface area contributed by atoms with E-state index < -0.39 is 0 Å². The predicted octanol–water partition coefficient (Wildman–Crippen LogP) is 2.15. The van der Waals surface area contributed by atoms with Gasteiger partial charge in [-0.1, -0.05) is 12.1 Å². The van der Waals surface area contributed by atoms with Gasteiger partial charge in [-0.25, -0.2) is 0 Å². The topological polar surface area (TPSA) is 38.3 Å². The number of amides is 1. The quantitative estimate of drug-likeness (QED) is 0.747. The van der Waals surface area contributed by atoms with E-state index in [1.165, 1.54) is 5.56 Å². The van der Waals surface area contributed by atoms with Crippen molar-refractivity contribution in [1.29, 1.82) is 0 Å². The molecule has 1 N–H and O–H groups in total. The molecule has 0 aliphatic rings. The number of aryl methyl sites for hydroxylation is 1. The molecule has 1 aromatic carbocycles. The molecule has 0 radical (unpaired) electrons. The fraction of sp³-hybridized carbons (Fsp3) is 0.462. The van der Waals surface area contributed by atoms with Gasteiger partial charge in [0.05, 0.1) is 7.11 Å². The maximum absolute atomic E-state index is 10.6. The Morgan fingerprint density at radius 3 is 2.50 bits per heavy atom. The molecule has 3 heteroatoms. The molecule has 0 saturated heterocycles. The molecule has 0 atom stereocenters. The minimum absolute atomic E-state index is 0.0458. The zero-order valence-corrected chi connectivity index (χ0v) is 9.95. The van der Waals surface area contributed by atoms with Crippen LogP contribution in [0.2, 0.25) is 0 Å². The van der Waals surface area contributed by atoms with Crippen LogP contribution in [-0.2, 0) is 11.2 Å². The second kappa shape index (κ2) is 6.88. The molecule has 1 rings (SSSR count). The molecule has 0 spiro atoms. The van der Waals surface area contributed by atoms with Crippen molar-refractivity contribution in [2.75, 3.05) is 13.7 Å². The van der Waals surface area contributed by atoms with E-state index >= 15 is 0 Å². The standard InChI is InChI=1S/C13H19NO2/c1-11(15)14-10-4-3-5-12-6-8-13(16-2)9-7-12/h6-9H,3-5,10H2,1-2H3,(H,14,15). The number of carbonyl (C=O) groups is 1. The Bertz CT molecular complexity index is 319. The lowest BCUT2D eigenvalue weighted by Crippen LogP contribution is -2.20. The number of unbranched alkanes of at least 4 members (excludes halogenated alkanes) is 1. The van der Waals surface area contributed by atoms with Crippen molar-refractivity contribution in [2.24, 2.45) is 0 Å². The molecule has 1 amide bonds. The van der Waals surface area contributed by atoms with Gasteiger partial charge in [-0.3, -0.25) is 4.79 Å². The van der Waals surface area contributed by atoms with E-state index in [-0.39, 0.29) is 5.91 Å². The van der Waals surface area contributed by atoms with Crippen molar-refractivity contribution in [3.8, 4) is 5.75 Å². The van der Waals surface area contributed by atoms with Crippen LogP contribution in [0, 0.1) is 0 Å². The molecule has 0 aliphatic heterocycles. The van der Waals surface area contributed by atoms with Crippen molar-refractivity contribution in [3.05, 3.63) is 29.8 Å². The molecular formula is C13H19NO2. The maximum atomic E-state index is 10.6. The Balaban J connectivity index is 2.19. The highest BCUT2D eigenvalue weighted by molar-refractivity contribution is 5.72. The summed E-state index contributed by atoms with van der Waals surface area (Å²) in [6.45, 7) is 2.31. The summed E-state index contributed by atoms with van der Waals surface area (Å²) < 4.78 is 5.09. The summed E-state index contributed by atoms with van der Waals surface area (Å²) in [7, 11) is 1.67. The monoisotopic (exact) mass is 221 g/mol. The number of methoxy groups -OCH3 is 1. The molecule has 0 saturated carbocycles. The van der Waals surface area contributed by atoms with Gasteiger partial charge in [0.25, 0.3) is 0 Å². The Hall–Kier alpha value is -1.51. The summed E-state index contributed by atoms with van der Waals surface area (Å²) in [4.78, 5) is 10.6. The molecular weight excluding hydrogens is 202 g/mol. The average Bonchev–Trinajstić information content (AvgIpc) is 2.29. The summed E-state index contributed by atoms with van der Waals surface area (Å²) in [6.07, 6.45) is 3.15. The van der Waals surface area contributed by atoms with Gasteiger partial charge in [0, 0.05) is 13.5 Å². The van der Waals surface area contributed by atoms with Gasteiger partial charge in [0.15, 0.2) is 0 Å². The van der Waals surface area contributed by atoms with E-state index in [2.05, 4.69) is 17.4 Å². The first-order chi connectivity index (χ1) is 7.72. The van der Waals surface area contributed by atoms with E-state index in [0.29, 0.717) is 0 Å². The molecule has 16 heavy (non-hydrogen) atoms. The van der Waals surface area contributed by atoms with Gasteiger partial charge in [0.2, 0.25) is 5.91 Å². The van der Waals surface area contributed by atoms with Gasteiger partial charge in [-0.05, 0) is 37.0 Å². The summed E-state index contributed by atoms with van der Waals surface area (Å²) in [5.74, 6) is 0.937. The van der Waals surface area contributed by atoms with Crippen LogP contribution < -0.4 is 10.1 Å². The number of ether oxygens (including phenoxy) is 1. The Kier molecular flexibility index (Phi) is 5.40. The summed E-state index contributed by atoms with van der Waals surface area (Å²) in [5.41, 5.74) is 1.31. The first kappa shape index (κ1) is 12.6. The van der Waals surface area contributed by atoms with E-state index in [4.69, 9.17) is 4.74 Å². The van der Waals surface area contributed by atoms with Crippen LogP contribution in [-0.4, -0.2) is 19.6 Å². The summed E-state index contributed by atoms with van der Waals surface area (Å²) in [5, 5.41) is 2.79. The molecule has 0 bridgehead atoms. The van der Waals surface area contributed by atoms with E-state index in [9.17, 15) is 4.79 Å². The number of hydrogen-bond donors (Lipinski definition) is 1. The van der Waals surface area contributed by atoms with Crippen LogP contribution in [0.3, 0.4) is 0 Å².